The molecule has 0 spiro atoms. The zero-order valence-corrected chi connectivity index (χ0v) is 13.0. The summed E-state index contributed by atoms with van der Waals surface area (Å²) < 4.78 is 1.90. The lowest BCUT2D eigenvalue weighted by Gasteiger charge is -2.21. The maximum atomic E-state index is 11.8. The minimum atomic E-state index is -0.252. The van der Waals surface area contributed by atoms with Gasteiger partial charge in [-0.05, 0) is 20.8 Å². The Balaban J connectivity index is 2.56. The molecule has 1 aromatic rings. The Kier molecular flexibility index (Phi) is 4.59. The second-order valence-electron chi connectivity index (χ2n) is 6.40. The van der Waals surface area contributed by atoms with Crippen molar-refractivity contribution in [2.24, 2.45) is 5.41 Å². The fraction of sp³-hybridized carbons (Fsp3) is 0.769. The molecule has 0 unspecified atom stereocenters. The topological polar surface area (TPSA) is 47.8 Å². The number of Topliss-reactive ketones (excluding diaryl/α,β-unsaturated/α-hetero) is 1. The lowest BCUT2D eigenvalue weighted by molar-refractivity contribution is -0.125. The number of hydrogen-bond donors (Lipinski definition) is 0. The summed E-state index contributed by atoms with van der Waals surface area (Å²) in [5.74, 6) is 1.04. The van der Waals surface area contributed by atoms with E-state index in [-0.39, 0.29) is 16.7 Å². The van der Waals surface area contributed by atoms with Crippen molar-refractivity contribution >= 4 is 17.5 Å². The highest BCUT2D eigenvalue weighted by molar-refractivity contribution is 7.99. The van der Waals surface area contributed by atoms with Gasteiger partial charge in [-0.2, -0.15) is 5.10 Å². The van der Waals surface area contributed by atoms with E-state index in [1.807, 2.05) is 25.5 Å². The molecular weight excluding hydrogens is 246 g/mol. The van der Waals surface area contributed by atoms with Crippen molar-refractivity contribution in [1.82, 2.24) is 14.8 Å². The van der Waals surface area contributed by atoms with Gasteiger partial charge in [0.25, 0.3) is 0 Å². The van der Waals surface area contributed by atoms with Crippen LogP contribution >= 0.6 is 11.8 Å². The molecular formula is C13H23N3OS. The van der Waals surface area contributed by atoms with Crippen LogP contribution in [0.5, 0.6) is 0 Å². The minimum Gasteiger partial charge on any atom is -0.299 e. The fourth-order valence-electron chi connectivity index (χ4n) is 1.40. The van der Waals surface area contributed by atoms with Gasteiger partial charge in [0.1, 0.15) is 12.1 Å². The molecule has 0 fully saturated rings. The molecule has 0 atom stereocenters. The number of rotatable bonds is 4. The van der Waals surface area contributed by atoms with Crippen LogP contribution in [0.3, 0.4) is 0 Å². The largest absolute Gasteiger partial charge is 0.299 e. The second kappa shape index (κ2) is 5.43. The van der Waals surface area contributed by atoms with Gasteiger partial charge in [0, 0.05) is 17.6 Å². The molecule has 0 saturated carbocycles. The second-order valence-corrected chi connectivity index (χ2v) is 7.46. The third-order valence-electron chi connectivity index (χ3n) is 2.55. The van der Waals surface area contributed by atoms with Crippen LogP contribution < -0.4 is 0 Å². The van der Waals surface area contributed by atoms with Gasteiger partial charge in [-0.3, -0.25) is 4.79 Å². The smallest absolute Gasteiger partial charge is 0.186 e. The van der Waals surface area contributed by atoms with Gasteiger partial charge in [-0.25, -0.2) is 9.67 Å². The molecule has 0 aliphatic carbocycles. The van der Waals surface area contributed by atoms with Gasteiger partial charge in [-0.1, -0.05) is 32.5 Å². The predicted molar refractivity (Wildman–Crippen MR) is 74.8 cm³/mol. The molecule has 0 N–H and O–H groups in total. The van der Waals surface area contributed by atoms with Gasteiger partial charge in [0.05, 0.1) is 5.54 Å². The summed E-state index contributed by atoms with van der Waals surface area (Å²) in [6.07, 6.45) is 2.14. The summed E-state index contributed by atoms with van der Waals surface area (Å²) in [5.41, 5.74) is -0.328. The molecule has 0 amide bonds. The average Bonchev–Trinajstić information content (AvgIpc) is 2.63. The van der Waals surface area contributed by atoms with Crippen LogP contribution in [-0.2, 0) is 10.3 Å². The van der Waals surface area contributed by atoms with Gasteiger partial charge in [-0.15, -0.1) is 0 Å². The Morgan fingerprint density at radius 2 is 1.89 bits per heavy atom. The molecule has 1 rings (SSSR count). The summed E-state index contributed by atoms with van der Waals surface area (Å²) in [7, 11) is 0. The van der Waals surface area contributed by atoms with Crippen LogP contribution in [0.2, 0.25) is 0 Å². The van der Waals surface area contributed by atoms with Crippen molar-refractivity contribution in [3.8, 4) is 0 Å². The average molecular weight is 269 g/mol. The fourth-order valence-corrected chi connectivity index (χ4v) is 2.43. The van der Waals surface area contributed by atoms with E-state index in [0.29, 0.717) is 6.42 Å². The van der Waals surface area contributed by atoms with Crippen molar-refractivity contribution in [2.75, 3.05) is 5.75 Å². The Morgan fingerprint density at radius 3 is 2.39 bits per heavy atom. The van der Waals surface area contributed by atoms with Crippen molar-refractivity contribution in [3.63, 3.8) is 0 Å². The number of carbonyl (C=O) groups excluding carboxylic acids is 1. The Morgan fingerprint density at radius 1 is 1.28 bits per heavy atom. The summed E-state index contributed by atoms with van der Waals surface area (Å²) in [4.78, 5) is 16.1. The van der Waals surface area contributed by atoms with E-state index in [9.17, 15) is 4.79 Å². The van der Waals surface area contributed by atoms with Crippen LogP contribution in [0.15, 0.2) is 11.5 Å². The molecule has 0 aliphatic rings. The minimum absolute atomic E-state index is 0.0765. The van der Waals surface area contributed by atoms with Crippen LogP contribution in [0.25, 0.3) is 0 Å². The summed E-state index contributed by atoms with van der Waals surface area (Å²) in [5, 5.41) is 5.11. The normalized spacial score (nSPS) is 12.8. The molecule has 5 heteroatoms. The molecule has 0 saturated heterocycles. The first-order valence-electron chi connectivity index (χ1n) is 6.19. The zero-order chi connectivity index (χ0) is 14.0. The molecule has 0 bridgehead atoms. The molecule has 4 nitrogen and oxygen atoms in total. The number of hydrogen-bond acceptors (Lipinski definition) is 4. The van der Waals surface area contributed by atoms with Crippen molar-refractivity contribution in [1.29, 1.82) is 0 Å². The standard InChI is InChI=1S/C13H23N3OS/c1-12(2,3)10(17)7-8-18-11-14-9-15-16(11)13(4,5)6/h9H,7-8H2,1-6H3. The summed E-state index contributed by atoms with van der Waals surface area (Å²) in [6.45, 7) is 12.1. The van der Waals surface area contributed by atoms with E-state index in [2.05, 4.69) is 30.9 Å². The van der Waals surface area contributed by atoms with E-state index in [1.54, 1.807) is 18.1 Å². The maximum absolute atomic E-state index is 11.8. The number of carbonyl (C=O) groups is 1. The van der Waals surface area contributed by atoms with E-state index in [1.165, 1.54) is 0 Å². The predicted octanol–water partition coefficient (Wildman–Crippen LogP) is 3.13. The lowest BCUT2D eigenvalue weighted by Crippen LogP contribution is -2.24. The number of aromatic nitrogens is 3. The Hall–Kier alpha value is -0.840. The van der Waals surface area contributed by atoms with Crippen molar-refractivity contribution in [3.05, 3.63) is 6.33 Å². The quantitative estimate of drug-likeness (QED) is 0.788. The van der Waals surface area contributed by atoms with Crippen LogP contribution in [0.1, 0.15) is 48.0 Å². The lowest BCUT2D eigenvalue weighted by atomic mass is 9.89. The van der Waals surface area contributed by atoms with Gasteiger partial charge in [0.2, 0.25) is 0 Å². The number of ketones is 1. The molecule has 1 heterocycles. The van der Waals surface area contributed by atoms with Gasteiger partial charge < -0.3 is 0 Å². The molecule has 1 aromatic heterocycles. The first kappa shape index (κ1) is 15.2. The summed E-state index contributed by atoms with van der Waals surface area (Å²) >= 11 is 1.59. The third kappa shape index (κ3) is 4.12. The van der Waals surface area contributed by atoms with E-state index < -0.39 is 0 Å². The first-order chi connectivity index (χ1) is 8.12. The highest BCUT2D eigenvalue weighted by Gasteiger charge is 2.22. The van der Waals surface area contributed by atoms with E-state index in [0.717, 1.165) is 10.9 Å². The Bertz CT molecular complexity index is 413. The zero-order valence-electron chi connectivity index (χ0n) is 12.1. The van der Waals surface area contributed by atoms with Crippen molar-refractivity contribution < 1.29 is 4.79 Å². The monoisotopic (exact) mass is 269 g/mol. The summed E-state index contributed by atoms with van der Waals surface area (Å²) in [6, 6.07) is 0. The highest BCUT2D eigenvalue weighted by Crippen LogP contribution is 2.24. The molecule has 0 aliphatic heterocycles. The molecule has 102 valence electrons. The van der Waals surface area contributed by atoms with Crippen LogP contribution in [0, 0.1) is 5.41 Å². The van der Waals surface area contributed by atoms with Gasteiger partial charge in [0.15, 0.2) is 5.16 Å². The van der Waals surface area contributed by atoms with Gasteiger partial charge >= 0.3 is 0 Å². The van der Waals surface area contributed by atoms with E-state index in [4.69, 9.17) is 0 Å². The first-order valence-corrected chi connectivity index (χ1v) is 7.17. The van der Waals surface area contributed by atoms with Crippen molar-refractivity contribution in [2.45, 2.75) is 58.7 Å². The number of thioether (sulfide) groups is 1. The molecule has 0 radical (unpaired) electrons. The highest BCUT2D eigenvalue weighted by atomic mass is 32.2. The SMILES string of the molecule is CC(C)(C)C(=O)CCSc1ncnn1C(C)(C)C. The van der Waals surface area contributed by atoms with Crippen LogP contribution in [0.4, 0.5) is 0 Å². The van der Waals surface area contributed by atoms with Crippen LogP contribution in [-0.4, -0.2) is 26.3 Å². The maximum Gasteiger partial charge on any atom is 0.186 e. The third-order valence-corrected chi connectivity index (χ3v) is 3.49. The molecule has 18 heavy (non-hydrogen) atoms. The molecule has 0 aromatic carbocycles. The Labute approximate surface area is 114 Å². The van der Waals surface area contributed by atoms with E-state index >= 15 is 0 Å². The number of nitrogens with zero attached hydrogens (tertiary/aromatic N) is 3.